The van der Waals surface area contributed by atoms with Gasteiger partial charge in [-0.2, -0.15) is 12.6 Å². The monoisotopic (exact) mass is 557 g/mol. The van der Waals surface area contributed by atoms with Gasteiger partial charge in [-0.25, -0.2) is 4.79 Å². The van der Waals surface area contributed by atoms with E-state index in [1.165, 1.54) is 6.92 Å². The van der Waals surface area contributed by atoms with Crippen molar-refractivity contribution in [1.82, 2.24) is 0 Å². The van der Waals surface area contributed by atoms with E-state index in [0.29, 0.717) is 23.2 Å². The summed E-state index contributed by atoms with van der Waals surface area (Å²) in [6.07, 6.45) is -1.07. The number of ketones is 1. The summed E-state index contributed by atoms with van der Waals surface area (Å²) in [5.74, 6) is -0.782. The first-order chi connectivity index (χ1) is 14.7. The van der Waals surface area contributed by atoms with E-state index in [2.05, 4.69) is 40.5 Å². The predicted molar refractivity (Wildman–Crippen MR) is 129 cm³/mol. The largest absolute Gasteiger partial charge is 0.508 e. The van der Waals surface area contributed by atoms with Crippen molar-refractivity contribution in [3.8, 4) is 5.75 Å². The summed E-state index contributed by atoms with van der Waals surface area (Å²) in [6.45, 7) is 3.44. The maximum Gasteiger partial charge on any atom is 0.412 e. The van der Waals surface area contributed by atoms with Gasteiger partial charge < -0.3 is 14.6 Å². The number of phenolic OH excluding ortho intramolecular Hbond substituents is 1. The van der Waals surface area contributed by atoms with Gasteiger partial charge in [-0.3, -0.25) is 14.9 Å². The molecule has 0 aliphatic rings. The summed E-state index contributed by atoms with van der Waals surface area (Å²) in [7, 11) is 0. The molecule has 166 valence electrons. The van der Waals surface area contributed by atoms with E-state index in [0.717, 1.165) is 3.57 Å². The molecule has 0 spiro atoms. The highest BCUT2D eigenvalue weighted by Crippen LogP contribution is 2.35. The quantitative estimate of drug-likeness (QED) is 0.174. The van der Waals surface area contributed by atoms with Crippen molar-refractivity contribution in [2.75, 3.05) is 17.7 Å². The molecule has 0 aromatic heterocycles. The van der Waals surface area contributed by atoms with Gasteiger partial charge in [0.05, 0.1) is 12.4 Å². The zero-order chi connectivity index (χ0) is 23.0. The molecule has 0 saturated heterocycles. The Bertz CT molecular complexity index is 934. The van der Waals surface area contributed by atoms with Crippen LogP contribution in [-0.2, 0) is 14.3 Å². The third-order valence-corrected chi connectivity index (χ3v) is 5.48. The predicted octanol–water partition coefficient (Wildman–Crippen LogP) is 4.99. The van der Waals surface area contributed by atoms with E-state index in [4.69, 9.17) is 9.47 Å². The molecule has 0 heterocycles. The molecule has 2 aromatic rings. The Balaban J connectivity index is 2.15. The summed E-state index contributed by atoms with van der Waals surface area (Å²) in [5, 5.41) is 13.0. The highest BCUT2D eigenvalue weighted by atomic mass is 127. The lowest BCUT2D eigenvalue weighted by Gasteiger charge is -2.25. The molecule has 2 atom stereocenters. The van der Waals surface area contributed by atoms with Gasteiger partial charge >= 0.3 is 12.1 Å². The number of esters is 1. The Kier molecular flexibility index (Phi) is 9.63. The van der Waals surface area contributed by atoms with Gasteiger partial charge in [0.15, 0.2) is 5.78 Å². The number of phenols is 1. The molecule has 0 aliphatic carbocycles. The van der Waals surface area contributed by atoms with Crippen LogP contribution in [0.4, 0.5) is 10.5 Å². The second-order valence-electron chi connectivity index (χ2n) is 6.93. The number of anilines is 1. The standard InChI is InChI=1S/C22H24INO6S/c1-13(9-10-29-20(27)12-31)21(18-11-16(23)5-8-19(18)26)30-22(28)24-17-6-3-15(4-7-17)14(2)25/h3-8,11,13,21,26,31H,9-10,12H2,1-2H3,(H,24,28)/t13-,21+/m0/s1. The van der Waals surface area contributed by atoms with Gasteiger partial charge in [0.25, 0.3) is 0 Å². The number of hydrogen-bond donors (Lipinski definition) is 3. The minimum atomic E-state index is -0.777. The van der Waals surface area contributed by atoms with Crippen molar-refractivity contribution in [2.24, 2.45) is 5.92 Å². The van der Waals surface area contributed by atoms with E-state index >= 15 is 0 Å². The smallest absolute Gasteiger partial charge is 0.412 e. The van der Waals surface area contributed by atoms with Crippen molar-refractivity contribution in [1.29, 1.82) is 0 Å². The van der Waals surface area contributed by atoms with Crippen LogP contribution in [-0.4, -0.2) is 35.3 Å². The Morgan fingerprint density at radius 1 is 1.16 bits per heavy atom. The summed E-state index contributed by atoms with van der Waals surface area (Å²) in [4.78, 5) is 35.3. The van der Waals surface area contributed by atoms with Crippen LogP contribution in [0, 0.1) is 9.49 Å². The van der Waals surface area contributed by atoms with Gasteiger partial charge in [-0.05, 0) is 78.4 Å². The van der Waals surface area contributed by atoms with Gasteiger partial charge in [0.2, 0.25) is 0 Å². The molecule has 1 amide bonds. The van der Waals surface area contributed by atoms with E-state index in [1.54, 1.807) is 42.5 Å². The van der Waals surface area contributed by atoms with Gasteiger partial charge in [-0.1, -0.05) is 6.92 Å². The van der Waals surface area contributed by atoms with Crippen molar-refractivity contribution in [3.05, 3.63) is 57.2 Å². The maximum absolute atomic E-state index is 12.6. The molecular weight excluding hydrogens is 533 g/mol. The van der Waals surface area contributed by atoms with Crippen molar-refractivity contribution < 1.29 is 29.0 Å². The number of Topliss-reactive ketones (excluding diaryl/α,β-unsaturated/α-hetero) is 1. The summed E-state index contributed by atoms with van der Waals surface area (Å²) in [6, 6.07) is 11.5. The van der Waals surface area contributed by atoms with E-state index in [1.807, 2.05) is 6.92 Å². The molecule has 0 saturated carbocycles. The molecule has 9 heteroatoms. The number of carbonyl (C=O) groups is 3. The zero-order valence-corrected chi connectivity index (χ0v) is 20.2. The van der Waals surface area contributed by atoms with Crippen LogP contribution >= 0.6 is 35.2 Å². The SMILES string of the molecule is CC(=O)c1ccc(NC(=O)O[C@@H](c2cc(I)ccc2O)[C@@H](C)CCOC(=O)CS)cc1. The Morgan fingerprint density at radius 3 is 2.45 bits per heavy atom. The Morgan fingerprint density at radius 2 is 1.84 bits per heavy atom. The lowest BCUT2D eigenvalue weighted by atomic mass is 9.94. The number of hydrogen-bond acceptors (Lipinski definition) is 7. The lowest BCUT2D eigenvalue weighted by Crippen LogP contribution is -2.23. The number of benzene rings is 2. The van der Waals surface area contributed by atoms with Crippen LogP contribution in [0.15, 0.2) is 42.5 Å². The fourth-order valence-electron chi connectivity index (χ4n) is 2.85. The number of carbonyl (C=O) groups excluding carboxylic acids is 3. The average Bonchev–Trinajstić information content (AvgIpc) is 2.74. The van der Waals surface area contributed by atoms with Crippen molar-refractivity contribution in [2.45, 2.75) is 26.4 Å². The molecule has 0 aliphatic heterocycles. The first-order valence-corrected chi connectivity index (χ1v) is 11.3. The van der Waals surface area contributed by atoms with Gasteiger partial charge in [0, 0.05) is 26.3 Å². The molecule has 0 fully saturated rings. The first kappa shape index (κ1) is 25.0. The fourth-order valence-corrected chi connectivity index (χ4v) is 3.45. The summed E-state index contributed by atoms with van der Waals surface area (Å²) >= 11 is 5.98. The first-order valence-electron chi connectivity index (χ1n) is 9.54. The maximum atomic E-state index is 12.6. The van der Waals surface area contributed by atoms with Crippen LogP contribution in [0.5, 0.6) is 5.75 Å². The van der Waals surface area contributed by atoms with E-state index in [-0.39, 0.29) is 29.8 Å². The van der Waals surface area contributed by atoms with E-state index in [9.17, 15) is 19.5 Å². The topological polar surface area (TPSA) is 102 Å². The fraction of sp³-hybridized carbons (Fsp3) is 0.318. The number of ether oxygens (including phenoxy) is 2. The third kappa shape index (κ3) is 7.73. The second kappa shape index (κ2) is 11.9. The van der Waals surface area contributed by atoms with Crippen LogP contribution < -0.4 is 5.32 Å². The molecule has 0 radical (unpaired) electrons. The molecule has 2 N–H and O–H groups in total. The minimum absolute atomic E-state index is 0.00299. The third-order valence-electron chi connectivity index (χ3n) is 4.55. The minimum Gasteiger partial charge on any atom is -0.508 e. The number of nitrogens with one attached hydrogen (secondary N) is 1. The highest BCUT2D eigenvalue weighted by molar-refractivity contribution is 14.1. The number of rotatable bonds is 9. The molecule has 31 heavy (non-hydrogen) atoms. The normalized spacial score (nSPS) is 12.5. The lowest BCUT2D eigenvalue weighted by molar-refractivity contribution is -0.141. The molecule has 2 rings (SSSR count). The number of thiol groups is 1. The van der Waals surface area contributed by atoms with Gasteiger partial charge in [0.1, 0.15) is 11.9 Å². The molecular formula is C22H24INO6S. The Hall–Kier alpha value is -2.27. The Labute approximate surface area is 200 Å². The van der Waals surface area contributed by atoms with Crippen LogP contribution in [0.1, 0.15) is 42.3 Å². The van der Waals surface area contributed by atoms with Crippen LogP contribution in [0.25, 0.3) is 0 Å². The number of halogens is 1. The van der Waals surface area contributed by atoms with E-state index < -0.39 is 18.2 Å². The molecule has 0 bridgehead atoms. The second-order valence-corrected chi connectivity index (χ2v) is 8.49. The zero-order valence-electron chi connectivity index (χ0n) is 17.1. The van der Waals surface area contributed by atoms with Crippen LogP contribution in [0.2, 0.25) is 0 Å². The van der Waals surface area contributed by atoms with Gasteiger partial charge in [-0.15, -0.1) is 0 Å². The molecule has 2 aromatic carbocycles. The highest BCUT2D eigenvalue weighted by Gasteiger charge is 2.27. The van der Waals surface area contributed by atoms with Crippen molar-refractivity contribution >= 4 is 58.8 Å². The van der Waals surface area contributed by atoms with Crippen LogP contribution in [0.3, 0.4) is 0 Å². The number of amides is 1. The van der Waals surface area contributed by atoms with Crippen molar-refractivity contribution in [3.63, 3.8) is 0 Å². The number of aromatic hydroxyl groups is 1. The summed E-state index contributed by atoms with van der Waals surface area (Å²) < 4.78 is 11.6. The molecule has 0 unspecified atom stereocenters. The average molecular weight is 557 g/mol. The summed E-state index contributed by atoms with van der Waals surface area (Å²) in [5.41, 5.74) is 1.46. The molecule has 7 nitrogen and oxygen atoms in total.